The average molecular weight is 237 g/mol. The minimum atomic E-state index is 0.118. The molecule has 1 atom stereocenters. The molecule has 0 aromatic carbocycles. The molecule has 1 fully saturated rings. The van der Waals surface area contributed by atoms with Crippen LogP contribution in [0.25, 0.3) is 0 Å². The number of morpholine rings is 1. The predicted octanol–water partition coefficient (Wildman–Crippen LogP) is 0.747. The quantitative estimate of drug-likeness (QED) is 0.762. The normalized spacial score (nSPS) is 20.6. The number of carbonyl (C=O) groups is 1. The van der Waals surface area contributed by atoms with Gasteiger partial charge in [-0.2, -0.15) is 5.10 Å². The number of hydrogen-bond donors (Lipinski definition) is 0. The van der Waals surface area contributed by atoms with Gasteiger partial charge in [-0.25, -0.2) is 0 Å². The van der Waals surface area contributed by atoms with E-state index in [1.807, 2.05) is 31.7 Å². The number of aryl methyl sites for hydroxylation is 2. The molecule has 0 N–H and O–H groups in total. The molecule has 2 heterocycles. The molecule has 5 heteroatoms. The predicted molar refractivity (Wildman–Crippen MR) is 63.7 cm³/mol. The van der Waals surface area contributed by atoms with Gasteiger partial charge in [0, 0.05) is 12.2 Å². The zero-order valence-corrected chi connectivity index (χ0v) is 10.6. The molecule has 1 amide bonds. The fraction of sp³-hybridized carbons (Fsp3) is 0.667. The molecule has 94 valence electrons. The first kappa shape index (κ1) is 12.1. The van der Waals surface area contributed by atoms with Crippen molar-refractivity contribution in [3.8, 4) is 0 Å². The van der Waals surface area contributed by atoms with E-state index in [2.05, 4.69) is 5.10 Å². The van der Waals surface area contributed by atoms with Crippen molar-refractivity contribution in [2.75, 3.05) is 19.8 Å². The van der Waals surface area contributed by atoms with Gasteiger partial charge < -0.3 is 9.64 Å². The molecule has 0 aliphatic carbocycles. The zero-order chi connectivity index (χ0) is 12.4. The van der Waals surface area contributed by atoms with Crippen LogP contribution in [-0.2, 0) is 16.1 Å². The van der Waals surface area contributed by atoms with Gasteiger partial charge in [-0.1, -0.05) is 0 Å². The van der Waals surface area contributed by atoms with Gasteiger partial charge in [0.2, 0.25) is 5.91 Å². The van der Waals surface area contributed by atoms with Gasteiger partial charge in [-0.05, 0) is 26.8 Å². The summed E-state index contributed by atoms with van der Waals surface area (Å²) in [5.41, 5.74) is 1.97. The van der Waals surface area contributed by atoms with Crippen LogP contribution in [0.15, 0.2) is 6.07 Å². The SMILES string of the molecule is Cc1cc(C)n(CC(=O)N2CCOCC2C)n1. The van der Waals surface area contributed by atoms with Crippen molar-refractivity contribution in [2.45, 2.75) is 33.4 Å². The number of ether oxygens (including phenoxy) is 1. The Hall–Kier alpha value is -1.36. The molecule has 1 aliphatic heterocycles. The average Bonchev–Trinajstić information content (AvgIpc) is 2.58. The van der Waals surface area contributed by atoms with Crippen LogP contribution < -0.4 is 0 Å². The first-order chi connectivity index (χ1) is 8.08. The number of amides is 1. The standard InChI is InChI=1S/C12H19N3O2/c1-9-6-10(2)15(13-9)7-12(16)14-4-5-17-8-11(14)3/h6,11H,4-5,7-8H2,1-3H3. The van der Waals surface area contributed by atoms with Crippen molar-refractivity contribution >= 4 is 5.91 Å². The van der Waals surface area contributed by atoms with Crippen molar-refractivity contribution < 1.29 is 9.53 Å². The van der Waals surface area contributed by atoms with Crippen LogP contribution in [-0.4, -0.2) is 46.4 Å². The highest BCUT2D eigenvalue weighted by Gasteiger charge is 2.24. The van der Waals surface area contributed by atoms with E-state index in [9.17, 15) is 4.79 Å². The van der Waals surface area contributed by atoms with Crippen molar-refractivity contribution in [3.05, 3.63) is 17.5 Å². The summed E-state index contributed by atoms with van der Waals surface area (Å²) >= 11 is 0. The third kappa shape index (κ3) is 2.66. The second kappa shape index (κ2) is 4.87. The van der Waals surface area contributed by atoms with Crippen molar-refractivity contribution in [2.24, 2.45) is 0 Å². The fourth-order valence-corrected chi connectivity index (χ4v) is 2.15. The lowest BCUT2D eigenvalue weighted by molar-refractivity contribution is -0.140. The van der Waals surface area contributed by atoms with Gasteiger partial charge in [-0.3, -0.25) is 9.48 Å². The Kier molecular flexibility index (Phi) is 3.47. The van der Waals surface area contributed by atoms with Crippen LogP contribution in [0.2, 0.25) is 0 Å². The van der Waals surface area contributed by atoms with Gasteiger partial charge in [0.25, 0.3) is 0 Å². The van der Waals surface area contributed by atoms with E-state index in [1.54, 1.807) is 4.68 Å². The maximum absolute atomic E-state index is 12.1. The van der Waals surface area contributed by atoms with Crippen LogP contribution in [0, 0.1) is 13.8 Å². The molecule has 17 heavy (non-hydrogen) atoms. The number of rotatable bonds is 2. The van der Waals surface area contributed by atoms with Gasteiger partial charge in [-0.15, -0.1) is 0 Å². The largest absolute Gasteiger partial charge is 0.377 e. The molecule has 1 aliphatic rings. The second-order valence-electron chi connectivity index (χ2n) is 4.60. The summed E-state index contributed by atoms with van der Waals surface area (Å²) in [5, 5.41) is 4.31. The molecule has 0 bridgehead atoms. The van der Waals surface area contributed by atoms with Gasteiger partial charge in [0.1, 0.15) is 6.54 Å². The second-order valence-corrected chi connectivity index (χ2v) is 4.60. The van der Waals surface area contributed by atoms with Crippen molar-refractivity contribution in [3.63, 3.8) is 0 Å². The maximum atomic E-state index is 12.1. The Morgan fingerprint density at radius 1 is 1.59 bits per heavy atom. The number of nitrogens with zero attached hydrogens (tertiary/aromatic N) is 3. The van der Waals surface area contributed by atoms with Crippen molar-refractivity contribution in [1.29, 1.82) is 0 Å². The van der Waals surface area contributed by atoms with Crippen LogP contribution >= 0.6 is 0 Å². The number of carbonyl (C=O) groups excluding carboxylic acids is 1. The van der Waals surface area contributed by atoms with Crippen LogP contribution in [0.3, 0.4) is 0 Å². The van der Waals surface area contributed by atoms with E-state index < -0.39 is 0 Å². The molecule has 1 saturated heterocycles. The Balaban J connectivity index is 2.03. The van der Waals surface area contributed by atoms with Gasteiger partial charge >= 0.3 is 0 Å². The summed E-state index contributed by atoms with van der Waals surface area (Å²) in [5.74, 6) is 0.118. The summed E-state index contributed by atoms with van der Waals surface area (Å²) < 4.78 is 7.09. The zero-order valence-electron chi connectivity index (χ0n) is 10.6. The summed E-state index contributed by atoms with van der Waals surface area (Å²) in [6, 6.07) is 2.14. The highest BCUT2D eigenvalue weighted by molar-refractivity contribution is 5.76. The minimum absolute atomic E-state index is 0.118. The number of aromatic nitrogens is 2. The molecule has 5 nitrogen and oxygen atoms in total. The highest BCUT2D eigenvalue weighted by atomic mass is 16.5. The summed E-state index contributed by atoms with van der Waals surface area (Å²) in [4.78, 5) is 14.0. The molecular weight excluding hydrogens is 218 g/mol. The van der Waals surface area contributed by atoms with Gasteiger partial charge in [0.05, 0.1) is 24.9 Å². The van der Waals surface area contributed by atoms with Crippen molar-refractivity contribution in [1.82, 2.24) is 14.7 Å². The third-order valence-electron chi connectivity index (χ3n) is 3.08. The topological polar surface area (TPSA) is 47.4 Å². The molecule has 0 saturated carbocycles. The van der Waals surface area contributed by atoms with Crippen LogP contribution in [0.1, 0.15) is 18.3 Å². The fourth-order valence-electron chi connectivity index (χ4n) is 2.15. The lowest BCUT2D eigenvalue weighted by Gasteiger charge is -2.33. The minimum Gasteiger partial charge on any atom is -0.377 e. The monoisotopic (exact) mass is 237 g/mol. The van der Waals surface area contributed by atoms with E-state index in [1.165, 1.54) is 0 Å². The van der Waals surface area contributed by atoms with E-state index in [0.717, 1.165) is 11.4 Å². The Morgan fingerprint density at radius 2 is 2.35 bits per heavy atom. The Labute approximate surface area is 101 Å². The third-order valence-corrected chi connectivity index (χ3v) is 3.08. The first-order valence-electron chi connectivity index (χ1n) is 5.96. The Bertz CT molecular complexity index is 414. The van der Waals surface area contributed by atoms with Gasteiger partial charge in [0.15, 0.2) is 0 Å². The van der Waals surface area contributed by atoms with Crippen LogP contribution in [0.5, 0.6) is 0 Å². The lowest BCUT2D eigenvalue weighted by Crippen LogP contribution is -2.48. The summed E-state index contributed by atoms with van der Waals surface area (Å²) in [6.07, 6.45) is 0. The summed E-state index contributed by atoms with van der Waals surface area (Å²) in [6.45, 7) is 8.18. The van der Waals surface area contributed by atoms with Crippen LogP contribution in [0.4, 0.5) is 0 Å². The highest BCUT2D eigenvalue weighted by Crippen LogP contribution is 2.09. The molecular formula is C12H19N3O2. The molecule has 1 aromatic rings. The first-order valence-corrected chi connectivity index (χ1v) is 5.96. The van der Waals surface area contributed by atoms with E-state index >= 15 is 0 Å². The molecule has 1 aromatic heterocycles. The smallest absolute Gasteiger partial charge is 0.244 e. The van der Waals surface area contributed by atoms with E-state index in [-0.39, 0.29) is 11.9 Å². The summed E-state index contributed by atoms with van der Waals surface area (Å²) in [7, 11) is 0. The maximum Gasteiger partial charge on any atom is 0.244 e. The molecule has 0 radical (unpaired) electrons. The molecule has 2 rings (SSSR count). The van der Waals surface area contributed by atoms with E-state index in [4.69, 9.17) is 4.74 Å². The van der Waals surface area contributed by atoms with E-state index in [0.29, 0.717) is 26.3 Å². The number of hydrogen-bond acceptors (Lipinski definition) is 3. The molecule has 0 spiro atoms. The lowest BCUT2D eigenvalue weighted by atomic mass is 10.2. The Morgan fingerprint density at radius 3 is 2.94 bits per heavy atom. The molecule has 1 unspecified atom stereocenters.